The van der Waals surface area contributed by atoms with E-state index in [0.29, 0.717) is 20.5 Å². The average molecular weight is 372 g/mol. The van der Waals surface area contributed by atoms with Gasteiger partial charge in [-0.3, -0.25) is 0 Å². The quantitative estimate of drug-likeness (QED) is 0.864. The summed E-state index contributed by atoms with van der Waals surface area (Å²) in [5.74, 6) is 0.382. The first kappa shape index (κ1) is 14.6. The lowest BCUT2D eigenvalue weighted by Crippen LogP contribution is -2.38. The third-order valence-electron chi connectivity index (χ3n) is 3.51. The lowest BCUT2D eigenvalue weighted by molar-refractivity contribution is 0.192. The van der Waals surface area contributed by atoms with Crippen molar-refractivity contribution in [3.63, 3.8) is 0 Å². The van der Waals surface area contributed by atoms with Crippen LogP contribution in [0.1, 0.15) is 32.1 Å². The molecule has 0 radical (unpaired) electrons. The second-order valence-corrected chi connectivity index (χ2v) is 6.88. The monoisotopic (exact) mass is 371 g/mol. The van der Waals surface area contributed by atoms with Crippen molar-refractivity contribution < 1.29 is 13.9 Å². The van der Waals surface area contributed by atoms with Crippen LogP contribution in [0, 0.1) is 0 Å². The zero-order chi connectivity index (χ0) is 14.8. The molecule has 21 heavy (non-hydrogen) atoms. The molecule has 1 aromatic carbocycles. The first-order chi connectivity index (χ1) is 10.1. The predicted molar refractivity (Wildman–Crippen MR) is 84.1 cm³/mol. The number of benzene rings is 1. The largest absolute Gasteiger partial charge is 0.414 e. The molecular formula is C14H14BrNO4S. The fraction of sp³-hybridized carbons (Fsp3) is 0.429. The molecule has 1 fully saturated rings. The van der Waals surface area contributed by atoms with E-state index in [1.54, 1.807) is 12.1 Å². The number of halogens is 1. The van der Waals surface area contributed by atoms with Crippen molar-refractivity contribution in [3.05, 3.63) is 26.3 Å². The maximum absolute atomic E-state index is 11.9. The molecule has 1 aliphatic rings. The molecule has 2 aromatic rings. The molecule has 1 aliphatic carbocycles. The van der Waals surface area contributed by atoms with Gasteiger partial charge in [0, 0.05) is 18.2 Å². The van der Waals surface area contributed by atoms with Gasteiger partial charge in [-0.25, -0.2) is 9.59 Å². The zero-order valence-corrected chi connectivity index (χ0v) is 13.6. The zero-order valence-electron chi connectivity index (χ0n) is 11.2. The molecule has 0 aliphatic heterocycles. The van der Waals surface area contributed by atoms with E-state index < -0.39 is 6.09 Å². The molecule has 1 amide bonds. The molecule has 0 bridgehead atoms. The average Bonchev–Trinajstić information content (AvgIpc) is 2.79. The summed E-state index contributed by atoms with van der Waals surface area (Å²) in [5.41, 5.74) is 0.483. The Kier molecular flexibility index (Phi) is 4.30. The first-order valence-corrected chi connectivity index (χ1v) is 8.44. The van der Waals surface area contributed by atoms with Crippen LogP contribution in [-0.2, 0) is 0 Å². The molecule has 1 saturated carbocycles. The number of rotatable bonds is 2. The Hall–Kier alpha value is -1.34. The summed E-state index contributed by atoms with van der Waals surface area (Å²) in [4.78, 5) is 22.8. The van der Waals surface area contributed by atoms with Gasteiger partial charge in [0.05, 0.1) is 9.17 Å². The molecule has 1 aromatic heterocycles. The SMILES string of the molecule is O=C(NC1CCCCC1)Oc1cc2sc(=O)oc2cc1Br. The van der Waals surface area contributed by atoms with Crippen molar-refractivity contribution in [3.8, 4) is 5.75 Å². The molecule has 0 spiro atoms. The number of hydrogen-bond donors (Lipinski definition) is 1. The van der Waals surface area contributed by atoms with Gasteiger partial charge < -0.3 is 14.5 Å². The Labute approximate surface area is 133 Å². The van der Waals surface area contributed by atoms with E-state index in [0.717, 1.165) is 37.0 Å². The molecule has 0 saturated heterocycles. The van der Waals surface area contributed by atoms with Crippen LogP contribution in [-0.4, -0.2) is 12.1 Å². The Morgan fingerprint density at radius 3 is 2.86 bits per heavy atom. The Balaban J connectivity index is 1.72. The van der Waals surface area contributed by atoms with Crippen LogP contribution in [0.4, 0.5) is 4.79 Å². The van der Waals surface area contributed by atoms with Gasteiger partial charge >= 0.3 is 11.0 Å². The van der Waals surface area contributed by atoms with E-state index in [4.69, 9.17) is 9.15 Å². The van der Waals surface area contributed by atoms with E-state index >= 15 is 0 Å². The van der Waals surface area contributed by atoms with Gasteiger partial charge in [0.25, 0.3) is 0 Å². The van der Waals surface area contributed by atoms with E-state index in [1.807, 2.05) is 0 Å². The summed E-state index contributed by atoms with van der Waals surface area (Å²) in [7, 11) is 0. The maximum Gasteiger partial charge on any atom is 0.412 e. The van der Waals surface area contributed by atoms with E-state index in [1.165, 1.54) is 6.42 Å². The summed E-state index contributed by atoms with van der Waals surface area (Å²) in [5, 5.41) is 2.88. The molecular weight excluding hydrogens is 358 g/mol. The van der Waals surface area contributed by atoms with Gasteiger partial charge in [0.15, 0.2) is 5.58 Å². The van der Waals surface area contributed by atoms with Crippen molar-refractivity contribution in [1.29, 1.82) is 0 Å². The highest BCUT2D eigenvalue weighted by Gasteiger charge is 2.18. The minimum atomic E-state index is -0.460. The summed E-state index contributed by atoms with van der Waals surface area (Å²) in [6, 6.07) is 3.46. The second kappa shape index (κ2) is 6.19. The topological polar surface area (TPSA) is 68.5 Å². The van der Waals surface area contributed by atoms with Crippen molar-refractivity contribution >= 4 is 43.6 Å². The van der Waals surface area contributed by atoms with Gasteiger partial charge in [-0.2, -0.15) is 0 Å². The minimum Gasteiger partial charge on any atom is -0.414 e. The van der Waals surface area contributed by atoms with Crippen LogP contribution in [0.3, 0.4) is 0 Å². The smallest absolute Gasteiger partial charge is 0.412 e. The number of hydrogen-bond acceptors (Lipinski definition) is 5. The lowest BCUT2D eigenvalue weighted by Gasteiger charge is -2.22. The van der Waals surface area contributed by atoms with Crippen LogP contribution < -0.4 is 15.0 Å². The molecule has 0 atom stereocenters. The Morgan fingerprint density at radius 2 is 2.10 bits per heavy atom. The number of ether oxygens (including phenoxy) is 1. The highest BCUT2D eigenvalue weighted by molar-refractivity contribution is 9.10. The normalized spacial score (nSPS) is 16.0. The third kappa shape index (κ3) is 3.47. The van der Waals surface area contributed by atoms with Crippen LogP contribution in [0.2, 0.25) is 0 Å². The van der Waals surface area contributed by atoms with Crippen LogP contribution in [0.25, 0.3) is 10.3 Å². The third-order valence-corrected chi connectivity index (χ3v) is 4.92. The predicted octanol–water partition coefficient (Wildman–Crippen LogP) is 4.04. The number of nitrogens with one attached hydrogen (secondary N) is 1. The molecule has 3 rings (SSSR count). The van der Waals surface area contributed by atoms with Crippen LogP contribution in [0.5, 0.6) is 5.75 Å². The second-order valence-electron chi connectivity index (χ2n) is 5.05. The van der Waals surface area contributed by atoms with Crippen molar-refractivity contribution in [2.75, 3.05) is 0 Å². The van der Waals surface area contributed by atoms with E-state index in [9.17, 15) is 9.59 Å². The van der Waals surface area contributed by atoms with Crippen molar-refractivity contribution in [2.24, 2.45) is 0 Å². The first-order valence-electron chi connectivity index (χ1n) is 6.83. The molecule has 1 heterocycles. The van der Waals surface area contributed by atoms with Crippen molar-refractivity contribution in [2.45, 2.75) is 38.1 Å². The van der Waals surface area contributed by atoms with E-state index in [-0.39, 0.29) is 11.0 Å². The lowest BCUT2D eigenvalue weighted by atomic mass is 9.96. The van der Waals surface area contributed by atoms with Gasteiger partial charge in [0.1, 0.15) is 5.75 Å². The minimum absolute atomic E-state index is 0.193. The fourth-order valence-corrected chi connectivity index (χ4v) is 3.58. The number of carbonyl (C=O) groups excluding carboxylic acids is 1. The summed E-state index contributed by atoms with van der Waals surface area (Å²) in [6.07, 6.45) is 5.05. The fourth-order valence-electron chi connectivity index (χ4n) is 2.50. The van der Waals surface area contributed by atoms with Crippen LogP contribution in [0.15, 0.2) is 25.8 Å². The summed E-state index contributed by atoms with van der Waals surface area (Å²) >= 11 is 4.30. The number of amides is 1. The van der Waals surface area contributed by atoms with Crippen molar-refractivity contribution in [1.82, 2.24) is 5.32 Å². The Morgan fingerprint density at radius 1 is 1.33 bits per heavy atom. The summed E-state index contributed by atoms with van der Waals surface area (Å²) < 4.78 is 11.6. The van der Waals surface area contributed by atoms with Gasteiger partial charge in [-0.15, -0.1) is 0 Å². The molecule has 7 heteroatoms. The highest BCUT2D eigenvalue weighted by atomic mass is 79.9. The van der Waals surface area contributed by atoms with E-state index in [2.05, 4.69) is 21.2 Å². The van der Waals surface area contributed by atoms with Gasteiger partial charge in [-0.05, 0) is 28.8 Å². The van der Waals surface area contributed by atoms with Gasteiger partial charge in [-0.1, -0.05) is 30.6 Å². The van der Waals surface area contributed by atoms with Crippen LogP contribution >= 0.6 is 27.3 Å². The Bertz CT molecular complexity index is 717. The summed E-state index contributed by atoms with van der Waals surface area (Å²) in [6.45, 7) is 0. The standard InChI is InChI=1S/C14H14BrNO4S/c15-9-6-11-12(21-14(18)20-11)7-10(9)19-13(17)16-8-4-2-1-3-5-8/h6-8H,1-5H2,(H,16,17). The highest BCUT2D eigenvalue weighted by Crippen LogP contribution is 2.32. The maximum atomic E-state index is 11.9. The van der Waals surface area contributed by atoms with Gasteiger partial charge in [0.2, 0.25) is 0 Å². The molecule has 112 valence electrons. The number of fused-ring (bicyclic) bond motifs is 1. The molecule has 1 N–H and O–H groups in total. The number of carbonyl (C=O) groups is 1. The molecule has 0 unspecified atom stereocenters. The molecule has 5 nitrogen and oxygen atoms in total.